The van der Waals surface area contributed by atoms with Gasteiger partial charge in [-0.25, -0.2) is 0 Å². The van der Waals surface area contributed by atoms with Gasteiger partial charge in [0.25, 0.3) is 10.1 Å². The van der Waals surface area contributed by atoms with Crippen LogP contribution in [0, 0.1) is 29.1 Å². The number of fused-ring (bicyclic) bond motifs is 5. The molecule has 0 amide bonds. The van der Waals surface area contributed by atoms with Crippen molar-refractivity contribution in [3.05, 3.63) is 11.6 Å². The molecule has 0 radical (unpaired) electrons. The van der Waals surface area contributed by atoms with Gasteiger partial charge in [0, 0.05) is 11.8 Å². The highest BCUT2D eigenvalue weighted by molar-refractivity contribution is 7.87. The van der Waals surface area contributed by atoms with Gasteiger partial charge < -0.3 is 4.74 Å². The molecule has 0 spiro atoms. The fourth-order valence-corrected chi connectivity index (χ4v) is 7.68. The van der Waals surface area contributed by atoms with Crippen LogP contribution in [-0.2, 0) is 28.6 Å². The number of ether oxygens (including phenoxy) is 1. The van der Waals surface area contributed by atoms with Gasteiger partial charge >= 0.3 is 5.97 Å². The molecule has 3 saturated carbocycles. The molecule has 4 aliphatic carbocycles. The molecule has 0 aliphatic heterocycles. The summed E-state index contributed by atoms with van der Waals surface area (Å²) in [5.74, 6) is 1.16. The van der Waals surface area contributed by atoms with Crippen LogP contribution in [-0.4, -0.2) is 38.6 Å². The fraction of sp³-hybridized carbons (Fsp3) is 0.818. The van der Waals surface area contributed by atoms with Crippen LogP contribution in [0.3, 0.4) is 0 Å². The van der Waals surface area contributed by atoms with Crippen LogP contribution < -0.4 is 0 Å². The Hall–Kier alpha value is -1.21. The van der Waals surface area contributed by atoms with E-state index >= 15 is 0 Å². The third-order valence-corrected chi connectivity index (χ3v) is 9.26. The van der Waals surface area contributed by atoms with Crippen molar-refractivity contribution in [2.45, 2.75) is 71.3 Å². The minimum atomic E-state index is -3.87. The Morgan fingerprint density at radius 3 is 2.69 bits per heavy atom. The second-order valence-corrected chi connectivity index (χ2v) is 11.2. The molecule has 0 saturated heterocycles. The third-order valence-electron chi connectivity index (χ3n) is 8.08. The van der Waals surface area contributed by atoms with Crippen molar-refractivity contribution in [2.75, 3.05) is 12.4 Å². The van der Waals surface area contributed by atoms with Gasteiger partial charge in [0.1, 0.15) is 6.10 Å². The van der Waals surface area contributed by atoms with Crippen LogP contribution in [0.1, 0.15) is 65.2 Å². The van der Waals surface area contributed by atoms with Gasteiger partial charge in [-0.1, -0.05) is 12.5 Å². The molecular weight excluding hydrogens is 392 g/mol. The van der Waals surface area contributed by atoms with E-state index in [0.29, 0.717) is 30.1 Å². The Balaban J connectivity index is 1.45. The van der Waals surface area contributed by atoms with E-state index in [2.05, 4.69) is 11.1 Å². The molecule has 3 fully saturated rings. The van der Waals surface area contributed by atoms with Gasteiger partial charge in [0.2, 0.25) is 0 Å². The molecule has 4 aliphatic rings. The number of ketones is 1. The van der Waals surface area contributed by atoms with Crippen molar-refractivity contribution in [3.63, 3.8) is 0 Å². The molecule has 0 N–H and O–H groups in total. The van der Waals surface area contributed by atoms with Crippen LogP contribution in [0.2, 0.25) is 0 Å². The molecule has 0 bridgehead atoms. The third kappa shape index (κ3) is 3.92. The summed E-state index contributed by atoms with van der Waals surface area (Å²) in [4.78, 5) is 24.1. The average Bonchev–Trinajstić information content (AvgIpc) is 2.97. The number of rotatable bonds is 5. The summed E-state index contributed by atoms with van der Waals surface area (Å²) in [5.41, 5.74) is 1.28. The lowest BCUT2D eigenvalue weighted by Crippen LogP contribution is -2.48. The van der Waals surface area contributed by atoms with Gasteiger partial charge in [-0.15, -0.1) is 0 Å². The minimum Gasteiger partial charge on any atom is -0.461 e. The van der Waals surface area contributed by atoms with Gasteiger partial charge in [0.15, 0.2) is 11.5 Å². The zero-order valence-electron chi connectivity index (χ0n) is 17.4. The van der Waals surface area contributed by atoms with E-state index in [1.165, 1.54) is 5.57 Å². The molecule has 4 rings (SSSR count). The van der Waals surface area contributed by atoms with Crippen LogP contribution >= 0.6 is 0 Å². The number of esters is 1. The van der Waals surface area contributed by atoms with E-state index in [-0.39, 0.29) is 23.9 Å². The minimum absolute atomic E-state index is 0.0189. The SMILES string of the molecule is CCOS(=O)(=O)CC(=O)O[C@@H]1CC[C@@H]2[C@@H]3CCC4=CC(=O)CC[C@@H]4[C@H]3CC[C@@]21C. The van der Waals surface area contributed by atoms with Gasteiger partial charge in [-0.2, -0.15) is 8.42 Å². The topological polar surface area (TPSA) is 86.7 Å². The summed E-state index contributed by atoms with van der Waals surface area (Å²) >= 11 is 0. The van der Waals surface area contributed by atoms with E-state index in [1.807, 2.05) is 6.08 Å². The lowest BCUT2D eigenvalue weighted by molar-refractivity contribution is -0.155. The van der Waals surface area contributed by atoms with Gasteiger partial charge in [0.05, 0.1) is 6.61 Å². The Bertz CT molecular complexity index is 815. The van der Waals surface area contributed by atoms with Crippen molar-refractivity contribution >= 4 is 21.9 Å². The van der Waals surface area contributed by atoms with Crippen molar-refractivity contribution in [2.24, 2.45) is 29.1 Å². The second kappa shape index (κ2) is 7.80. The van der Waals surface area contributed by atoms with Crippen LogP contribution in [0.5, 0.6) is 0 Å². The summed E-state index contributed by atoms with van der Waals surface area (Å²) < 4.78 is 33.9. The molecule has 0 aromatic rings. The first kappa shape index (κ1) is 21.0. The number of carbonyl (C=O) groups is 2. The maximum Gasteiger partial charge on any atom is 0.323 e. The number of hydrogen-bond donors (Lipinski definition) is 0. The quantitative estimate of drug-likeness (QED) is 0.497. The Morgan fingerprint density at radius 1 is 1.14 bits per heavy atom. The first-order chi connectivity index (χ1) is 13.7. The predicted octanol–water partition coefficient (Wildman–Crippen LogP) is 3.41. The highest BCUT2D eigenvalue weighted by atomic mass is 32.2. The maximum absolute atomic E-state index is 12.3. The monoisotopic (exact) mass is 424 g/mol. The van der Waals surface area contributed by atoms with Crippen LogP contribution in [0.4, 0.5) is 0 Å². The summed E-state index contributed by atoms with van der Waals surface area (Å²) in [6, 6.07) is 0. The molecular formula is C22H32O6S. The largest absolute Gasteiger partial charge is 0.461 e. The predicted molar refractivity (Wildman–Crippen MR) is 107 cm³/mol. The van der Waals surface area contributed by atoms with Crippen molar-refractivity contribution in [3.8, 4) is 0 Å². The Kier molecular flexibility index (Phi) is 5.66. The fourth-order valence-electron chi connectivity index (χ4n) is 6.88. The van der Waals surface area contributed by atoms with Crippen LogP contribution in [0.25, 0.3) is 0 Å². The molecule has 0 aromatic carbocycles. The zero-order chi connectivity index (χ0) is 20.8. The summed E-state index contributed by atoms with van der Waals surface area (Å²) in [5, 5.41) is 0. The first-order valence-electron chi connectivity index (χ1n) is 11.0. The second-order valence-electron chi connectivity index (χ2n) is 9.51. The van der Waals surface area contributed by atoms with Crippen LogP contribution in [0.15, 0.2) is 11.6 Å². The number of hydrogen-bond acceptors (Lipinski definition) is 6. The molecule has 6 nitrogen and oxygen atoms in total. The standard InChI is InChI=1S/C22H32O6S/c1-3-27-29(25,26)13-21(24)28-20-9-8-19-18-6-4-14-12-15(23)5-7-16(14)17(18)10-11-22(19,20)2/h12,16-20H,3-11,13H2,1-2H3/t16-,17+,18+,19+,20+,22-/m0/s1. The summed E-state index contributed by atoms with van der Waals surface area (Å²) in [6.07, 6.45) is 9.40. The molecule has 0 unspecified atom stereocenters. The Labute approximate surface area is 173 Å². The number of carbonyl (C=O) groups excluding carboxylic acids is 2. The smallest absolute Gasteiger partial charge is 0.323 e. The highest BCUT2D eigenvalue weighted by Gasteiger charge is 2.57. The summed E-state index contributed by atoms with van der Waals surface area (Å²) in [6.45, 7) is 3.83. The van der Waals surface area contributed by atoms with Crippen molar-refractivity contribution in [1.82, 2.24) is 0 Å². The van der Waals surface area contributed by atoms with Gasteiger partial charge in [-0.3, -0.25) is 13.8 Å². The maximum atomic E-state index is 12.3. The molecule has 0 aromatic heterocycles. The van der Waals surface area contributed by atoms with Crippen molar-refractivity contribution < 1.29 is 26.9 Å². The normalized spacial score (nSPS) is 39.2. The summed E-state index contributed by atoms with van der Waals surface area (Å²) in [7, 11) is -3.87. The number of allylic oxidation sites excluding steroid dienone is 1. The van der Waals surface area contributed by atoms with E-state index in [9.17, 15) is 18.0 Å². The van der Waals surface area contributed by atoms with Crippen molar-refractivity contribution in [1.29, 1.82) is 0 Å². The molecule has 29 heavy (non-hydrogen) atoms. The Morgan fingerprint density at radius 2 is 1.93 bits per heavy atom. The lowest BCUT2D eigenvalue weighted by Gasteiger charge is -2.53. The molecule has 7 heteroatoms. The van der Waals surface area contributed by atoms with Gasteiger partial charge in [-0.05, 0) is 81.6 Å². The lowest BCUT2D eigenvalue weighted by atomic mass is 9.52. The zero-order valence-corrected chi connectivity index (χ0v) is 18.2. The van der Waals surface area contributed by atoms with E-state index in [0.717, 1.165) is 44.9 Å². The first-order valence-corrected chi connectivity index (χ1v) is 12.6. The molecule has 162 valence electrons. The van der Waals surface area contributed by atoms with E-state index in [1.54, 1.807) is 6.92 Å². The highest BCUT2D eigenvalue weighted by Crippen LogP contribution is 2.62. The van der Waals surface area contributed by atoms with E-state index < -0.39 is 21.8 Å². The molecule has 0 heterocycles. The molecule has 6 atom stereocenters. The average molecular weight is 425 g/mol. The van der Waals surface area contributed by atoms with E-state index in [4.69, 9.17) is 4.74 Å².